The van der Waals surface area contributed by atoms with Crippen molar-refractivity contribution in [1.29, 1.82) is 0 Å². The first-order chi connectivity index (χ1) is 8.71. The standard InChI is InChI=1S/C11H11F2NO4S/c1-19(16,17)18-6-8-4-2-3-5-9(8)14-7-11(12,13)10(14)15/h2-5H,6-7H2,1H3. The summed E-state index contributed by atoms with van der Waals surface area (Å²) < 4.78 is 52.1. The molecule has 5 nitrogen and oxygen atoms in total. The van der Waals surface area contributed by atoms with E-state index in [2.05, 4.69) is 4.18 Å². The van der Waals surface area contributed by atoms with Gasteiger partial charge in [-0.25, -0.2) is 0 Å². The van der Waals surface area contributed by atoms with Crippen molar-refractivity contribution >= 4 is 21.7 Å². The van der Waals surface area contributed by atoms with Crippen LogP contribution in [-0.4, -0.2) is 33.0 Å². The summed E-state index contributed by atoms with van der Waals surface area (Å²) in [5.41, 5.74) is 0.596. The molecular formula is C11H11F2NO4S. The summed E-state index contributed by atoms with van der Waals surface area (Å²) in [4.78, 5) is 12.2. The van der Waals surface area contributed by atoms with Gasteiger partial charge in [-0.2, -0.15) is 17.2 Å². The Morgan fingerprint density at radius 3 is 2.53 bits per heavy atom. The number of halogens is 2. The highest BCUT2D eigenvalue weighted by Crippen LogP contribution is 2.35. The van der Waals surface area contributed by atoms with Crippen molar-refractivity contribution in [2.24, 2.45) is 0 Å². The predicted octanol–water partition coefficient (Wildman–Crippen LogP) is 1.14. The molecule has 0 N–H and O–H groups in total. The molecule has 0 aliphatic carbocycles. The average molecular weight is 291 g/mol. The fraction of sp³-hybridized carbons (Fsp3) is 0.364. The van der Waals surface area contributed by atoms with Crippen molar-refractivity contribution in [3.8, 4) is 0 Å². The Bertz CT molecular complexity index is 615. The van der Waals surface area contributed by atoms with E-state index in [1.165, 1.54) is 12.1 Å². The third-order valence-corrected chi connectivity index (χ3v) is 3.17. The highest BCUT2D eigenvalue weighted by Gasteiger charge is 2.55. The van der Waals surface area contributed by atoms with Crippen molar-refractivity contribution in [3.63, 3.8) is 0 Å². The number of para-hydroxylation sites is 1. The lowest BCUT2D eigenvalue weighted by Gasteiger charge is -2.38. The summed E-state index contributed by atoms with van der Waals surface area (Å²) in [6.07, 6.45) is 0.887. The minimum Gasteiger partial charge on any atom is -0.300 e. The molecule has 1 fully saturated rings. The maximum Gasteiger partial charge on any atom is 0.342 e. The molecule has 1 aromatic carbocycles. The van der Waals surface area contributed by atoms with E-state index in [1.54, 1.807) is 12.1 Å². The fourth-order valence-electron chi connectivity index (χ4n) is 1.71. The Morgan fingerprint density at radius 2 is 2.00 bits per heavy atom. The first-order valence-corrected chi connectivity index (χ1v) is 7.14. The minimum atomic E-state index is -3.64. The van der Waals surface area contributed by atoms with E-state index in [4.69, 9.17) is 0 Å². The summed E-state index contributed by atoms with van der Waals surface area (Å²) in [6.45, 7) is -1.01. The number of alkyl halides is 2. The van der Waals surface area contributed by atoms with Crippen molar-refractivity contribution in [2.75, 3.05) is 17.7 Å². The summed E-state index contributed by atoms with van der Waals surface area (Å²) in [7, 11) is -3.64. The van der Waals surface area contributed by atoms with Gasteiger partial charge in [0.05, 0.1) is 19.4 Å². The molecule has 1 amide bonds. The second kappa shape index (κ2) is 4.53. The van der Waals surface area contributed by atoms with Gasteiger partial charge in [-0.3, -0.25) is 8.98 Å². The van der Waals surface area contributed by atoms with Crippen LogP contribution in [-0.2, 0) is 25.7 Å². The zero-order valence-corrected chi connectivity index (χ0v) is 10.8. The summed E-state index contributed by atoms with van der Waals surface area (Å²) in [5.74, 6) is -4.63. The van der Waals surface area contributed by atoms with Gasteiger partial charge in [-0.15, -0.1) is 0 Å². The van der Waals surface area contributed by atoms with Gasteiger partial charge in [-0.05, 0) is 6.07 Å². The smallest absolute Gasteiger partial charge is 0.300 e. The molecule has 1 aliphatic heterocycles. The zero-order valence-electron chi connectivity index (χ0n) is 9.97. The number of amides is 1. The van der Waals surface area contributed by atoms with Gasteiger partial charge in [0.1, 0.15) is 0 Å². The molecule has 1 saturated heterocycles. The van der Waals surface area contributed by atoms with E-state index >= 15 is 0 Å². The van der Waals surface area contributed by atoms with E-state index in [9.17, 15) is 22.0 Å². The summed E-state index contributed by atoms with van der Waals surface area (Å²) in [6, 6.07) is 6.16. The number of hydrogen-bond donors (Lipinski definition) is 0. The van der Waals surface area contributed by atoms with Crippen LogP contribution in [0.5, 0.6) is 0 Å². The highest BCUT2D eigenvalue weighted by atomic mass is 32.2. The Balaban J connectivity index is 2.21. The first kappa shape index (κ1) is 13.9. The molecule has 0 aromatic heterocycles. The van der Waals surface area contributed by atoms with Crippen molar-refractivity contribution < 1.29 is 26.2 Å². The van der Waals surface area contributed by atoms with Crippen molar-refractivity contribution in [2.45, 2.75) is 12.5 Å². The summed E-state index contributed by atoms with van der Waals surface area (Å²) in [5, 5.41) is 0. The van der Waals surface area contributed by atoms with Gasteiger partial charge in [0.2, 0.25) is 0 Å². The largest absolute Gasteiger partial charge is 0.342 e. The Kier molecular flexibility index (Phi) is 3.31. The SMILES string of the molecule is CS(=O)(=O)OCc1ccccc1N1CC(F)(F)C1=O. The topological polar surface area (TPSA) is 63.7 Å². The van der Waals surface area contributed by atoms with Crippen LogP contribution in [0.3, 0.4) is 0 Å². The fourth-order valence-corrected chi connectivity index (χ4v) is 2.05. The van der Waals surface area contributed by atoms with E-state index in [-0.39, 0.29) is 12.3 Å². The molecule has 104 valence electrons. The molecule has 1 heterocycles. The van der Waals surface area contributed by atoms with Gasteiger partial charge in [0.15, 0.2) is 0 Å². The number of benzene rings is 1. The second-order valence-electron chi connectivity index (χ2n) is 4.19. The first-order valence-electron chi connectivity index (χ1n) is 5.33. The molecule has 1 aromatic rings. The summed E-state index contributed by atoms with van der Waals surface area (Å²) >= 11 is 0. The lowest BCUT2D eigenvalue weighted by atomic mass is 10.1. The lowest BCUT2D eigenvalue weighted by molar-refractivity contribution is -0.152. The molecular weight excluding hydrogens is 280 g/mol. The number of anilines is 1. The maximum atomic E-state index is 12.9. The molecule has 0 bridgehead atoms. The van der Waals surface area contributed by atoms with Crippen LogP contribution < -0.4 is 4.90 Å². The van der Waals surface area contributed by atoms with E-state index in [1.807, 2.05) is 0 Å². The molecule has 8 heteroatoms. The van der Waals surface area contributed by atoms with Crippen LogP contribution in [0, 0.1) is 0 Å². The zero-order chi connectivity index (χ0) is 14.3. The maximum absolute atomic E-state index is 12.9. The van der Waals surface area contributed by atoms with Crippen LogP contribution in [0.15, 0.2) is 24.3 Å². The second-order valence-corrected chi connectivity index (χ2v) is 5.83. The molecule has 0 spiro atoms. The van der Waals surface area contributed by atoms with Crippen LogP contribution in [0.2, 0.25) is 0 Å². The van der Waals surface area contributed by atoms with E-state index in [0.29, 0.717) is 5.56 Å². The van der Waals surface area contributed by atoms with Gasteiger partial charge in [-0.1, -0.05) is 18.2 Å². The Morgan fingerprint density at radius 1 is 1.37 bits per heavy atom. The molecule has 0 radical (unpaired) electrons. The number of carbonyl (C=O) groups is 1. The number of rotatable bonds is 4. The van der Waals surface area contributed by atoms with E-state index in [0.717, 1.165) is 11.2 Å². The number of carbonyl (C=O) groups excluding carboxylic acids is 1. The minimum absolute atomic E-state index is 0.238. The van der Waals surface area contributed by atoms with Gasteiger partial charge < -0.3 is 4.90 Å². The number of nitrogens with zero attached hydrogens (tertiary/aromatic N) is 1. The molecule has 0 atom stereocenters. The Labute approximate surface area is 108 Å². The van der Waals surface area contributed by atoms with Gasteiger partial charge in [0, 0.05) is 11.3 Å². The molecule has 1 aliphatic rings. The van der Waals surface area contributed by atoms with Crippen LogP contribution in [0.25, 0.3) is 0 Å². The number of β-lactam (4-membered cyclic amide) rings is 1. The molecule has 0 unspecified atom stereocenters. The third kappa shape index (κ3) is 2.90. The molecule has 19 heavy (non-hydrogen) atoms. The quantitative estimate of drug-likeness (QED) is 0.616. The lowest BCUT2D eigenvalue weighted by Crippen LogP contribution is -2.62. The van der Waals surface area contributed by atoms with Crippen molar-refractivity contribution in [1.82, 2.24) is 0 Å². The average Bonchev–Trinajstić information content (AvgIpc) is 2.33. The highest BCUT2D eigenvalue weighted by molar-refractivity contribution is 7.85. The van der Waals surface area contributed by atoms with Gasteiger partial charge >= 0.3 is 5.92 Å². The van der Waals surface area contributed by atoms with Crippen LogP contribution in [0.1, 0.15) is 5.56 Å². The van der Waals surface area contributed by atoms with Gasteiger partial charge in [0.25, 0.3) is 16.0 Å². The normalized spacial score (nSPS) is 18.3. The molecule has 2 rings (SSSR count). The van der Waals surface area contributed by atoms with Crippen molar-refractivity contribution in [3.05, 3.63) is 29.8 Å². The monoisotopic (exact) mass is 291 g/mol. The van der Waals surface area contributed by atoms with E-state index < -0.39 is 28.5 Å². The number of hydrogen-bond acceptors (Lipinski definition) is 4. The van der Waals surface area contributed by atoms with Crippen LogP contribution in [0.4, 0.5) is 14.5 Å². The van der Waals surface area contributed by atoms with Crippen LogP contribution >= 0.6 is 0 Å². The Hall–Kier alpha value is -1.54. The molecule has 0 saturated carbocycles. The third-order valence-electron chi connectivity index (χ3n) is 2.63. The predicted molar refractivity (Wildman–Crippen MR) is 63.4 cm³/mol.